The zero-order valence-electron chi connectivity index (χ0n) is 22.1. The topological polar surface area (TPSA) is 119 Å². The summed E-state index contributed by atoms with van der Waals surface area (Å²) >= 11 is 0. The van der Waals surface area contributed by atoms with Gasteiger partial charge in [0.2, 0.25) is 11.8 Å². The van der Waals surface area contributed by atoms with E-state index >= 15 is 0 Å². The molecule has 0 fully saturated rings. The van der Waals surface area contributed by atoms with Gasteiger partial charge in [-0.2, -0.15) is 10.1 Å². The van der Waals surface area contributed by atoms with Crippen molar-refractivity contribution in [2.45, 2.75) is 51.9 Å². The maximum Gasteiger partial charge on any atom is 0.261 e. The fourth-order valence-electron chi connectivity index (χ4n) is 5.14. The van der Waals surface area contributed by atoms with Gasteiger partial charge in [0, 0.05) is 30.4 Å². The van der Waals surface area contributed by atoms with Crippen LogP contribution in [0.2, 0.25) is 0 Å². The van der Waals surface area contributed by atoms with E-state index in [9.17, 15) is 13.2 Å². The lowest BCUT2D eigenvalue weighted by Crippen LogP contribution is -2.33. The number of hydrogen-bond donors (Lipinski definition) is 1. The van der Waals surface area contributed by atoms with Crippen molar-refractivity contribution in [2.24, 2.45) is 0 Å². The summed E-state index contributed by atoms with van der Waals surface area (Å²) in [4.78, 5) is 23.1. The Balaban J connectivity index is 1.20. The van der Waals surface area contributed by atoms with Crippen LogP contribution in [0.3, 0.4) is 0 Å². The van der Waals surface area contributed by atoms with Crippen LogP contribution in [-0.2, 0) is 27.7 Å². The Hall–Kier alpha value is -4.25. The maximum absolute atomic E-state index is 13.2. The molecular formula is C28H28N6O4S. The van der Waals surface area contributed by atoms with Gasteiger partial charge >= 0.3 is 0 Å². The van der Waals surface area contributed by atoms with Gasteiger partial charge in [-0.05, 0) is 93.6 Å². The lowest BCUT2D eigenvalue weighted by atomic mass is 10.00. The third-order valence-electron chi connectivity index (χ3n) is 7.34. The number of sulfonamides is 1. The summed E-state index contributed by atoms with van der Waals surface area (Å²) in [5.74, 6) is 2.11. The fraction of sp³-hybridized carbons (Fsp3) is 0.286. The summed E-state index contributed by atoms with van der Waals surface area (Å²) in [5, 5.41) is 4.57. The minimum Gasteiger partial charge on any atom is -0.439 e. The predicted molar refractivity (Wildman–Crippen MR) is 146 cm³/mol. The highest BCUT2D eigenvalue weighted by Gasteiger charge is 2.33. The molecule has 6 rings (SSSR count). The van der Waals surface area contributed by atoms with Crippen LogP contribution in [0.25, 0.3) is 5.82 Å². The summed E-state index contributed by atoms with van der Waals surface area (Å²) in [6, 6.07) is 11.7. The number of ether oxygens (including phenoxy) is 1. The first kappa shape index (κ1) is 25.1. The van der Waals surface area contributed by atoms with Gasteiger partial charge in [-0.25, -0.2) is 18.1 Å². The molecule has 0 aliphatic carbocycles. The van der Waals surface area contributed by atoms with Gasteiger partial charge in [-0.1, -0.05) is 0 Å². The van der Waals surface area contributed by atoms with Gasteiger partial charge in [0.25, 0.3) is 10.0 Å². The van der Waals surface area contributed by atoms with Crippen molar-refractivity contribution in [1.82, 2.24) is 19.7 Å². The van der Waals surface area contributed by atoms with E-state index in [2.05, 4.69) is 19.8 Å². The number of aromatic nitrogens is 4. The predicted octanol–water partition coefficient (Wildman–Crippen LogP) is 4.32. The molecule has 39 heavy (non-hydrogen) atoms. The molecular weight excluding hydrogens is 516 g/mol. The minimum absolute atomic E-state index is 0.104. The van der Waals surface area contributed by atoms with Gasteiger partial charge in [0.05, 0.1) is 16.3 Å². The monoisotopic (exact) mass is 544 g/mol. The summed E-state index contributed by atoms with van der Waals surface area (Å²) in [6.45, 7) is 8.35. The van der Waals surface area contributed by atoms with E-state index in [4.69, 9.17) is 4.74 Å². The van der Waals surface area contributed by atoms with Crippen molar-refractivity contribution in [3.8, 4) is 17.4 Å². The largest absolute Gasteiger partial charge is 0.439 e. The number of amides is 1. The summed E-state index contributed by atoms with van der Waals surface area (Å²) in [6.07, 6.45) is 1.61. The van der Waals surface area contributed by atoms with E-state index < -0.39 is 10.0 Å². The van der Waals surface area contributed by atoms with Crippen LogP contribution in [0.5, 0.6) is 11.6 Å². The molecule has 1 amide bonds. The quantitative estimate of drug-likeness (QED) is 0.384. The molecule has 4 aromatic rings. The van der Waals surface area contributed by atoms with Gasteiger partial charge in [-0.3, -0.25) is 9.52 Å². The Labute approximate surface area is 226 Å². The van der Waals surface area contributed by atoms with E-state index in [1.165, 1.54) is 0 Å². The number of nitrogens with one attached hydrogen (secondary N) is 1. The molecule has 1 N–H and O–H groups in total. The van der Waals surface area contributed by atoms with Crippen LogP contribution in [0.15, 0.2) is 47.4 Å². The summed E-state index contributed by atoms with van der Waals surface area (Å²) in [5.41, 5.74) is 6.13. The molecule has 10 nitrogen and oxygen atoms in total. The van der Waals surface area contributed by atoms with Gasteiger partial charge in [0.15, 0.2) is 5.82 Å². The normalized spacial score (nSPS) is 14.5. The van der Waals surface area contributed by atoms with Crippen molar-refractivity contribution in [3.63, 3.8) is 0 Å². The zero-order chi connectivity index (χ0) is 27.5. The molecule has 0 bridgehead atoms. The van der Waals surface area contributed by atoms with Crippen molar-refractivity contribution in [1.29, 1.82) is 0 Å². The van der Waals surface area contributed by atoms with E-state index in [1.807, 2.05) is 20.8 Å². The van der Waals surface area contributed by atoms with E-state index in [-0.39, 0.29) is 10.8 Å². The van der Waals surface area contributed by atoms with Gasteiger partial charge < -0.3 is 9.64 Å². The first-order valence-electron chi connectivity index (χ1n) is 12.7. The van der Waals surface area contributed by atoms with Crippen molar-refractivity contribution >= 4 is 27.3 Å². The van der Waals surface area contributed by atoms with Crippen LogP contribution in [-0.4, -0.2) is 40.6 Å². The highest BCUT2D eigenvalue weighted by atomic mass is 32.2. The smallest absolute Gasteiger partial charge is 0.261 e. The number of nitrogens with zero attached hydrogens (tertiary/aromatic N) is 5. The highest BCUT2D eigenvalue weighted by Crippen LogP contribution is 2.38. The number of benzene rings is 2. The number of aryl methyl sites for hydroxylation is 3. The number of hydrogen-bond acceptors (Lipinski definition) is 7. The van der Waals surface area contributed by atoms with E-state index in [0.29, 0.717) is 54.8 Å². The molecule has 0 spiro atoms. The minimum atomic E-state index is -3.82. The number of carbonyl (C=O) groups is 1. The Kier molecular flexibility index (Phi) is 5.91. The maximum atomic E-state index is 13.2. The second kappa shape index (κ2) is 9.19. The SMILES string of the molecule is Cc1nc(Oc2ccc(NS(=O)(=O)c3cc4c5c(c3)CCN5C(=O)CC4)cc2)cc(-n2nc(C)c(C)c2C)n1. The van der Waals surface area contributed by atoms with Gasteiger partial charge in [0.1, 0.15) is 11.6 Å². The molecule has 0 saturated heterocycles. The number of anilines is 2. The standard InChI is InChI=1S/C28H28N6O4S/c1-16-17(2)31-34(18(16)3)25-15-26(30-19(4)29-25)38-23-8-6-22(7-9-23)32-39(36,37)24-13-20-5-10-27(35)33-12-11-21(14-24)28(20)33/h6-9,13-15,32H,5,10-12H2,1-4H3. The van der Waals surface area contributed by atoms with Gasteiger partial charge in [-0.15, -0.1) is 0 Å². The third-order valence-corrected chi connectivity index (χ3v) is 8.70. The van der Waals surface area contributed by atoms with Crippen LogP contribution in [0.4, 0.5) is 11.4 Å². The van der Waals surface area contributed by atoms with Crippen molar-refractivity contribution < 1.29 is 17.9 Å². The Morgan fingerprint density at radius 2 is 1.64 bits per heavy atom. The molecule has 0 unspecified atom stereocenters. The molecule has 2 aliphatic heterocycles. The van der Waals surface area contributed by atoms with Crippen LogP contribution in [0, 0.1) is 27.7 Å². The first-order valence-corrected chi connectivity index (χ1v) is 14.2. The van der Waals surface area contributed by atoms with Crippen molar-refractivity contribution in [3.05, 3.63) is 76.4 Å². The van der Waals surface area contributed by atoms with Crippen LogP contribution in [0.1, 0.15) is 40.3 Å². The Morgan fingerprint density at radius 3 is 2.33 bits per heavy atom. The molecule has 0 radical (unpaired) electrons. The average molecular weight is 545 g/mol. The highest BCUT2D eigenvalue weighted by molar-refractivity contribution is 7.92. The number of carbonyl (C=O) groups excluding carboxylic acids is 1. The van der Waals surface area contributed by atoms with Crippen LogP contribution >= 0.6 is 0 Å². The average Bonchev–Trinajstić information content (AvgIpc) is 3.44. The number of rotatable bonds is 6. The first-order chi connectivity index (χ1) is 18.6. The summed E-state index contributed by atoms with van der Waals surface area (Å²) in [7, 11) is -3.82. The molecule has 2 aliphatic rings. The Morgan fingerprint density at radius 1 is 0.923 bits per heavy atom. The molecule has 11 heteroatoms. The molecule has 0 saturated carbocycles. The van der Waals surface area contributed by atoms with E-state index in [0.717, 1.165) is 33.8 Å². The zero-order valence-corrected chi connectivity index (χ0v) is 23.0. The van der Waals surface area contributed by atoms with Crippen molar-refractivity contribution in [2.75, 3.05) is 16.2 Å². The lowest BCUT2D eigenvalue weighted by Gasteiger charge is -2.25. The molecule has 2 aromatic heterocycles. The molecule has 4 heterocycles. The van der Waals surface area contributed by atoms with Crippen LogP contribution < -0.4 is 14.4 Å². The molecule has 200 valence electrons. The summed E-state index contributed by atoms with van der Waals surface area (Å²) < 4.78 is 36.8. The Bertz CT molecular complexity index is 1740. The second-order valence-electron chi connectivity index (χ2n) is 9.94. The molecule has 2 aromatic carbocycles. The third kappa shape index (κ3) is 4.52. The lowest BCUT2D eigenvalue weighted by molar-refractivity contribution is -0.118. The second-order valence-corrected chi connectivity index (χ2v) is 11.6. The van der Waals surface area contributed by atoms with E-state index in [1.54, 1.807) is 59.0 Å². The molecule has 0 atom stereocenters. The fourth-order valence-corrected chi connectivity index (χ4v) is 6.30.